The summed E-state index contributed by atoms with van der Waals surface area (Å²) in [6, 6.07) is 66.2. The molecule has 11 aromatic rings. The van der Waals surface area contributed by atoms with Crippen LogP contribution in [0.5, 0.6) is 0 Å². The zero-order valence-corrected chi connectivity index (χ0v) is 33.7. The lowest BCUT2D eigenvalue weighted by molar-refractivity contribution is 0.666. The number of hydrogen-bond donors (Lipinski definition) is 0. The molecule has 0 bridgehead atoms. The number of hydrogen-bond acceptors (Lipinski definition) is 4. The number of rotatable bonds is 6. The molecule has 0 unspecified atom stereocenters. The number of benzene rings is 7. The summed E-state index contributed by atoms with van der Waals surface area (Å²) >= 11 is 0. The van der Waals surface area contributed by atoms with Crippen molar-refractivity contribution in [3.8, 4) is 68.1 Å². The molecule has 1 aliphatic rings. The summed E-state index contributed by atoms with van der Waals surface area (Å²) in [5.74, 6) is 1.88. The van der Waals surface area contributed by atoms with Crippen molar-refractivity contribution in [3.63, 3.8) is 0 Å². The van der Waals surface area contributed by atoms with Crippen LogP contribution in [0.1, 0.15) is 25.0 Å². The second-order valence-electron chi connectivity index (χ2n) is 16.3. The van der Waals surface area contributed by atoms with E-state index in [-0.39, 0.29) is 5.41 Å². The Kier molecular flexibility index (Phi) is 7.78. The number of fused-ring (bicyclic) bond motifs is 9. The smallest absolute Gasteiger partial charge is 0.164 e. The molecule has 61 heavy (non-hydrogen) atoms. The molecule has 0 atom stereocenters. The Morgan fingerprint density at radius 3 is 1.72 bits per heavy atom. The van der Waals surface area contributed by atoms with Gasteiger partial charge in [-0.1, -0.05) is 153 Å². The maximum Gasteiger partial charge on any atom is 0.164 e. The Balaban J connectivity index is 1.18. The van der Waals surface area contributed by atoms with Crippen molar-refractivity contribution < 1.29 is 0 Å². The van der Waals surface area contributed by atoms with Crippen LogP contribution in [0.2, 0.25) is 0 Å². The first-order valence-electron chi connectivity index (χ1n) is 20.7. The summed E-state index contributed by atoms with van der Waals surface area (Å²) < 4.78 is 4.97. The normalized spacial score (nSPS) is 12.9. The fourth-order valence-electron chi connectivity index (χ4n) is 9.64. The largest absolute Gasteiger partial charge is 0.307 e. The molecule has 0 spiro atoms. The van der Waals surface area contributed by atoms with Crippen molar-refractivity contribution in [2.75, 3.05) is 0 Å². The summed E-state index contributed by atoms with van der Waals surface area (Å²) in [6.07, 6.45) is 1.86. The molecule has 0 amide bonds. The molecule has 6 heteroatoms. The van der Waals surface area contributed by atoms with E-state index in [4.69, 9.17) is 19.9 Å². The minimum absolute atomic E-state index is 0.216. The maximum absolute atomic E-state index is 5.12. The SMILES string of the molecule is CC1(C)c2ccccc2-c2c1c1ccc3c4cc(-c5ccccn5)ccc4n(-c4cccc(-c5nc(-c6ccccc6)nc(-c6ccccc6)n5)c4)c3c1n2-c1ccccc1. The Bertz CT molecular complexity index is 3420. The van der Waals surface area contributed by atoms with Crippen LogP contribution in [-0.2, 0) is 5.41 Å². The van der Waals surface area contributed by atoms with Gasteiger partial charge in [0.2, 0.25) is 0 Å². The summed E-state index contributed by atoms with van der Waals surface area (Å²) in [5.41, 5.74) is 15.4. The molecule has 0 fully saturated rings. The fourth-order valence-corrected chi connectivity index (χ4v) is 9.64. The average molecular weight is 783 g/mol. The van der Waals surface area contributed by atoms with E-state index in [1.165, 1.54) is 38.7 Å². The van der Waals surface area contributed by atoms with Crippen molar-refractivity contribution in [3.05, 3.63) is 205 Å². The van der Waals surface area contributed by atoms with Crippen LogP contribution < -0.4 is 0 Å². The molecular weight excluding hydrogens is 745 g/mol. The number of nitrogens with zero attached hydrogens (tertiary/aromatic N) is 6. The van der Waals surface area contributed by atoms with E-state index in [9.17, 15) is 0 Å². The Morgan fingerprint density at radius 2 is 1.02 bits per heavy atom. The zero-order valence-electron chi connectivity index (χ0n) is 33.7. The third kappa shape index (κ3) is 5.42. The van der Waals surface area contributed by atoms with Gasteiger partial charge in [-0.15, -0.1) is 0 Å². The highest BCUT2D eigenvalue weighted by Crippen LogP contribution is 2.55. The fraction of sp³-hybridized carbons (Fsp3) is 0.0545. The molecule has 288 valence electrons. The summed E-state index contributed by atoms with van der Waals surface area (Å²) in [4.78, 5) is 20.0. The highest BCUT2D eigenvalue weighted by molar-refractivity contribution is 6.21. The number of aromatic nitrogens is 6. The third-order valence-electron chi connectivity index (χ3n) is 12.4. The van der Waals surface area contributed by atoms with Crippen LogP contribution >= 0.6 is 0 Å². The number of para-hydroxylation sites is 1. The van der Waals surface area contributed by atoms with Crippen molar-refractivity contribution in [1.29, 1.82) is 0 Å². The van der Waals surface area contributed by atoms with Gasteiger partial charge in [0, 0.05) is 67.0 Å². The minimum Gasteiger partial charge on any atom is -0.307 e. The van der Waals surface area contributed by atoms with Gasteiger partial charge in [-0.2, -0.15) is 0 Å². The zero-order chi connectivity index (χ0) is 40.7. The first kappa shape index (κ1) is 35.0. The Labute approximate surface area is 353 Å². The molecule has 0 aliphatic heterocycles. The van der Waals surface area contributed by atoms with E-state index >= 15 is 0 Å². The van der Waals surface area contributed by atoms with Crippen molar-refractivity contribution in [2.45, 2.75) is 19.3 Å². The molecule has 0 N–H and O–H groups in total. The highest BCUT2D eigenvalue weighted by atomic mass is 15.1. The van der Waals surface area contributed by atoms with Gasteiger partial charge in [0.1, 0.15) is 0 Å². The minimum atomic E-state index is -0.216. The van der Waals surface area contributed by atoms with Crippen LogP contribution in [0.25, 0.3) is 101 Å². The third-order valence-corrected chi connectivity index (χ3v) is 12.4. The van der Waals surface area contributed by atoms with Crippen LogP contribution in [0.3, 0.4) is 0 Å². The monoisotopic (exact) mass is 782 g/mol. The van der Waals surface area contributed by atoms with Crippen LogP contribution in [0, 0.1) is 0 Å². The molecule has 12 rings (SSSR count). The molecule has 4 aromatic heterocycles. The standard InChI is InChI=1S/C55H38N6/c1-55(2)45-26-13-12-25-42(45)49-48(55)43-30-29-41-44-34-37(46-27-14-15-32-56-46)28-31-47(44)60(50(41)51(43)61(49)39-22-10-5-11-23-39)40-24-16-21-38(33-40)54-58-52(35-17-6-3-7-18-35)57-53(59-54)36-19-8-4-9-20-36/h3-34H,1-2H3. The summed E-state index contributed by atoms with van der Waals surface area (Å²) in [5, 5.41) is 3.57. The van der Waals surface area contributed by atoms with Crippen molar-refractivity contribution in [2.24, 2.45) is 0 Å². The number of pyridine rings is 1. The maximum atomic E-state index is 5.12. The lowest BCUT2D eigenvalue weighted by Gasteiger charge is -2.21. The van der Waals surface area contributed by atoms with Gasteiger partial charge in [-0.25, -0.2) is 15.0 Å². The van der Waals surface area contributed by atoms with Gasteiger partial charge in [0.15, 0.2) is 17.5 Å². The van der Waals surface area contributed by atoms with E-state index in [1.807, 2.05) is 79.0 Å². The summed E-state index contributed by atoms with van der Waals surface area (Å²) in [7, 11) is 0. The van der Waals surface area contributed by atoms with Gasteiger partial charge < -0.3 is 9.13 Å². The first-order valence-corrected chi connectivity index (χ1v) is 20.7. The van der Waals surface area contributed by atoms with Gasteiger partial charge >= 0.3 is 0 Å². The van der Waals surface area contributed by atoms with E-state index in [2.05, 4.69) is 138 Å². The van der Waals surface area contributed by atoms with Crippen molar-refractivity contribution in [1.82, 2.24) is 29.1 Å². The average Bonchev–Trinajstić information content (AvgIpc) is 3.94. The first-order chi connectivity index (χ1) is 30.0. The van der Waals surface area contributed by atoms with E-state index in [0.717, 1.165) is 55.7 Å². The van der Waals surface area contributed by atoms with Crippen LogP contribution in [0.15, 0.2) is 194 Å². The molecule has 0 radical (unpaired) electrons. The summed E-state index contributed by atoms with van der Waals surface area (Å²) in [6.45, 7) is 4.74. The quantitative estimate of drug-likeness (QED) is 0.169. The molecule has 0 saturated carbocycles. The molecule has 0 saturated heterocycles. The second kappa shape index (κ2) is 13.5. The molecule has 6 nitrogen and oxygen atoms in total. The molecule has 4 heterocycles. The topological polar surface area (TPSA) is 61.4 Å². The van der Waals surface area contributed by atoms with Gasteiger partial charge in [0.05, 0.1) is 27.9 Å². The lowest BCUT2D eigenvalue weighted by atomic mass is 9.81. The molecular formula is C55H38N6. The van der Waals surface area contributed by atoms with Crippen LogP contribution in [0.4, 0.5) is 0 Å². The molecule has 1 aliphatic carbocycles. The highest BCUT2D eigenvalue weighted by Gasteiger charge is 2.41. The van der Waals surface area contributed by atoms with Crippen LogP contribution in [-0.4, -0.2) is 29.1 Å². The van der Waals surface area contributed by atoms with Gasteiger partial charge in [-0.3, -0.25) is 4.98 Å². The Hall–Kier alpha value is -7.96. The van der Waals surface area contributed by atoms with E-state index < -0.39 is 0 Å². The predicted octanol–water partition coefficient (Wildman–Crippen LogP) is 13.3. The van der Waals surface area contributed by atoms with Gasteiger partial charge in [0.25, 0.3) is 0 Å². The van der Waals surface area contributed by atoms with Crippen molar-refractivity contribution >= 4 is 32.7 Å². The molecule has 7 aromatic carbocycles. The second-order valence-corrected chi connectivity index (χ2v) is 16.3. The predicted molar refractivity (Wildman–Crippen MR) is 248 cm³/mol. The Morgan fingerprint density at radius 1 is 0.426 bits per heavy atom. The van der Waals surface area contributed by atoms with Gasteiger partial charge in [-0.05, 0) is 59.7 Å². The lowest BCUT2D eigenvalue weighted by Crippen LogP contribution is -2.14. The van der Waals surface area contributed by atoms with E-state index in [1.54, 1.807) is 0 Å². The van der Waals surface area contributed by atoms with E-state index in [0.29, 0.717) is 17.5 Å².